The maximum atomic E-state index is 11.0. The predicted molar refractivity (Wildman–Crippen MR) is 39.6 cm³/mol. The van der Waals surface area contributed by atoms with Crippen LogP contribution in [0.2, 0.25) is 0 Å². The van der Waals surface area contributed by atoms with Gasteiger partial charge in [-0.1, -0.05) is 0 Å². The Kier molecular flexibility index (Phi) is 2.24. The second-order valence-corrected chi connectivity index (χ2v) is 2.71. The number of likely N-dealkylation sites (tertiary alicyclic amines) is 1. The largest absolute Gasteiger partial charge is 0.328 e. The monoisotopic (exact) mass is 156 g/mol. The predicted octanol–water partition coefficient (Wildman–Crippen LogP) is -0.517. The molecule has 1 aliphatic heterocycles. The van der Waals surface area contributed by atoms with Crippen molar-refractivity contribution >= 4 is 11.8 Å². The lowest BCUT2D eigenvalue weighted by atomic mass is 10.2. The summed E-state index contributed by atoms with van der Waals surface area (Å²) in [6.45, 7) is 1.78. The summed E-state index contributed by atoms with van der Waals surface area (Å²) in [6.07, 6.45) is 1.18. The minimum absolute atomic E-state index is 0.0556. The van der Waals surface area contributed by atoms with E-state index in [4.69, 9.17) is 5.73 Å². The molecule has 0 aromatic heterocycles. The molecular formula is C7H12N2O2. The number of amides is 2. The van der Waals surface area contributed by atoms with Gasteiger partial charge >= 0.3 is 0 Å². The molecule has 4 heteroatoms. The maximum absolute atomic E-state index is 11.0. The highest BCUT2D eigenvalue weighted by Gasteiger charge is 2.32. The van der Waals surface area contributed by atoms with E-state index < -0.39 is 0 Å². The van der Waals surface area contributed by atoms with Gasteiger partial charge in [0.05, 0.1) is 6.04 Å². The molecule has 1 atom stereocenters. The highest BCUT2D eigenvalue weighted by Crippen LogP contribution is 2.17. The molecule has 1 rings (SSSR count). The quantitative estimate of drug-likeness (QED) is 0.555. The molecular weight excluding hydrogens is 144 g/mol. The third kappa shape index (κ3) is 1.40. The molecule has 0 saturated carbocycles. The minimum Gasteiger partial charge on any atom is -0.328 e. The lowest BCUT2D eigenvalue weighted by Gasteiger charge is -2.19. The number of imide groups is 1. The molecule has 0 aromatic carbocycles. The Hall–Kier alpha value is -0.900. The van der Waals surface area contributed by atoms with E-state index in [2.05, 4.69) is 0 Å². The SMILES string of the molecule is CC(=O)N1C(=O)CCC1CN. The maximum Gasteiger partial charge on any atom is 0.229 e. The topological polar surface area (TPSA) is 63.4 Å². The van der Waals surface area contributed by atoms with Crippen molar-refractivity contribution in [2.75, 3.05) is 6.54 Å². The number of hydrogen-bond donors (Lipinski definition) is 1. The van der Waals surface area contributed by atoms with Crippen LogP contribution < -0.4 is 5.73 Å². The summed E-state index contributed by atoms with van der Waals surface area (Å²) in [5.74, 6) is -0.282. The third-order valence-electron chi connectivity index (χ3n) is 1.94. The van der Waals surface area contributed by atoms with Crippen LogP contribution in [0.1, 0.15) is 19.8 Å². The lowest BCUT2D eigenvalue weighted by Crippen LogP contribution is -2.41. The lowest BCUT2D eigenvalue weighted by molar-refractivity contribution is -0.142. The van der Waals surface area contributed by atoms with Gasteiger partial charge < -0.3 is 5.73 Å². The van der Waals surface area contributed by atoms with E-state index in [9.17, 15) is 9.59 Å². The van der Waals surface area contributed by atoms with Crippen LogP contribution in [0, 0.1) is 0 Å². The number of hydrogen-bond acceptors (Lipinski definition) is 3. The Morgan fingerprint density at radius 2 is 2.45 bits per heavy atom. The second-order valence-electron chi connectivity index (χ2n) is 2.71. The molecule has 0 aliphatic carbocycles. The van der Waals surface area contributed by atoms with Crippen molar-refractivity contribution in [2.45, 2.75) is 25.8 Å². The zero-order valence-corrected chi connectivity index (χ0v) is 6.54. The normalized spacial score (nSPS) is 24.4. The molecule has 1 heterocycles. The first-order valence-corrected chi connectivity index (χ1v) is 3.69. The average molecular weight is 156 g/mol. The Morgan fingerprint density at radius 3 is 2.82 bits per heavy atom. The Bertz CT molecular complexity index is 191. The van der Waals surface area contributed by atoms with Crippen molar-refractivity contribution in [1.29, 1.82) is 0 Å². The number of rotatable bonds is 1. The zero-order chi connectivity index (χ0) is 8.43. The fourth-order valence-electron chi connectivity index (χ4n) is 1.40. The Labute approximate surface area is 65.3 Å². The molecule has 1 aliphatic rings. The average Bonchev–Trinajstić information content (AvgIpc) is 2.30. The van der Waals surface area contributed by atoms with Gasteiger partial charge in [0.1, 0.15) is 0 Å². The highest BCUT2D eigenvalue weighted by molar-refractivity contribution is 5.96. The van der Waals surface area contributed by atoms with E-state index >= 15 is 0 Å². The summed E-state index contributed by atoms with van der Waals surface area (Å²) in [7, 11) is 0. The van der Waals surface area contributed by atoms with Crippen molar-refractivity contribution in [3.63, 3.8) is 0 Å². The summed E-state index contributed by atoms with van der Waals surface area (Å²) in [4.78, 5) is 23.2. The van der Waals surface area contributed by atoms with Crippen LogP contribution >= 0.6 is 0 Å². The van der Waals surface area contributed by atoms with E-state index in [1.165, 1.54) is 11.8 Å². The first kappa shape index (κ1) is 8.20. The van der Waals surface area contributed by atoms with Crippen molar-refractivity contribution in [1.82, 2.24) is 4.90 Å². The van der Waals surface area contributed by atoms with Gasteiger partial charge in [-0.15, -0.1) is 0 Å². The summed E-state index contributed by atoms with van der Waals surface area (Å²) in [5.41, 5.74) is 5.38. The van der Waals surface area contributed by atoms with Crippen molar-refractivity contribution in [3.05, 3.63) is 0 Å². The summed E-state index contributed by atoms with van der Waals surface area (Å²) >= 11 is 0. The molecule has 0 bridgehead atoms. The first-order valence-electron chi connectivity index (χ1n) is 3.69. The van der Waals surface area contributed by atoms with Crippen LogP contribution in [0.4, 0.5) is 0 Å². The molecule has 0 spiro atoms. The van der Waals surface area contributed by atoms with Crippen LogP contribution in [0.3, 0.4) is 0 Å². The van der Waals surface area contributed by atoms with Crippen LogP contribution in [0.15, 0.2) is 0 Å². The van der Waals surface area contributed by atoms with Gasteiger partial charge in [-0.3, -0.25) is 14.5 Å². The smallest absolute Gasteiger partial charge is 0.229 e. The highest BCUT2D eigenvalue weighted by atomic mass is 16.2. The molecule has 1 saturated heterocycles. The van der Waals surface area contributed by atoms with E-state index in [-0.39, 0.29) is 17.9 Å². The van der Waals surface area contributed by atoms with E-state index in [1.807, 2.05) is 0 Å². The van der Waals surface area contributed by atoms with Crippen LogP contribution in [0.25, 0.3) is 0 Å². The van der Waals surface area contributed by atoms with Gasteiger partial charge in [-0.2, -0.15) is 0 Å². The number of nitrogens with zero attached hydrogens (tertiary/aromatic N) is 1. The summed E-state index contributed by atoms with van der Waals surface area (Å²) < 4.78 is 0. The Morgan fingerprint density at radius 1 is 1.82 bits per heavy atom. The fraction of sp³-hybridized carbons (Fsp3) is 0.714. The van der Waals surface area contributed by atoms with Crippen LogP contribution in [-0.4, -0.2) is 29.3 Å². The van der Waals surface area contributed by atoms with Crippen molar-refractivity contribution in [3.8, 4) is 0 Å². The zero-order valence-electron chi connectivity index (χ0n) is 6.54. The molecule has 4 nitrogen and oxygen atoms in total. The van der Waals surface area contributed by atoms with Crippen LogP contribution in [-0.2, 0) is 9.59 Å². The van der Waals surface area contributed by atoms with Crippen molar-refractivity contribution in [2.24, 2.45) is 5.73 Å². The standard InChI is InChI=1S/C7H12N2O2/c1-5(10)9-6(4-8)2-3-7(9)11/h6H,2-4,8H2,1H3. The molecule has 0 radical (unpaired) electrons. The fourth-order valence-corrected chi connectivity index (χ4v) is 1.40. The second kappa shape index (κ2) is 3.00. The van der Waals surface area contributed by atoms with Crippen molar-refractivity contribution < 1.29 is 9.59 Å². The third-order valence-corrected chi connectivity index (χ3v) is 1.94. The molecule has 2 N–H and O–H groups in total. The van der Waals surface area contributed by atoms with Gasteiger partial charge in [0.15, 0.2) is 0 Å². The van der Waals surface area contributed by atoms with E-state index in [1.54, 1.807) is 0 Å². The Balaban J connectivity index is 2.71. The van der Waals surface area contributed by atoms with Gasteiger partial charge in [0.2, 0.25) is 11.8 Å². The van der Waals surface area contributed by atoms with E-state index in [0.29, 0.717) is 13.0 Å². The number of nitrogens with two attached hydrogens (primary N) is 1. The first-order chi connectivity index (χ1) is 5.16. The molecule has 1 unspecified atom stereocenters. The number of carbonyl (C=O) groups excluding carboxylic acids is 2. The molecule has 2 amide bonds. The minimum atomic E-state index is -0.192. The van der Waals surface area contributed by atoms with Gasteiger partial charge in [0, 0.05) is 19.9 Å². The molecule has 11 heavy (non-hydrogen) atoms. The molecule has 0 aromatic rings. The summed E-state index contributed by atoms with van der Waals surface area (Å²) in [6, 6.07) is -0.0556. The number of carbonyl (C=O) groups is 2. The molecule has 1 fully saturated rings. The van der Waals surface area contributed by atoms with Gasteiger partial charge in [-0.05, 0) is 6.42 Å². The van der Waals surface area contributed by atoms with E-state index in [0.717, 1.165) is 6.42 Å². The van der Waals surface area contributed by atoms with Crippen LogP contribution in [0.5, 0.6) is 0 Å². The molecule has 62 valence electrons. The van der Waals surface area contributed by atoms with Gasteiger partial charge in [-0.25, -0.2) is 0 Å². The summed E-state index contributed by atoms with van der Waals surface area (Å²) in [5, 5.41) is 0. The van der Waals surface area contributed by atoms with Gasteiger partial charge in [0.25, 0.3) is 0 Å².